The van der Waals surface area contributed by atoms with Gasteiger partial charge in [-0.25, -0.2) is 0 Å². The van der Waals surface area contributed by atoms with Crippen LogP contribution in [-0.4, -0.2) is 62.1 Å². The van der Waals surface area contributed by atoms with Crippen LogP contribution in [-0.2, 0) is 14.3 Å². The van der Waals surface area contributed by atoms with E-state index in [0.717, 1.165) is 19.5 Å². The van der Waals surface area contributed by atoms with Gasteiger partial charge in [-0.1, -0.05) is 0 Å². The summed E-state index contributed by atoms with van der Waals surface area (Å²) < 4.78 is 5.23. The topological polar surface area (TPSA) is 70.7 Å². The predicted octanol–water partition coefficient (Wildman–Crippen LogP) is 0.130. The zero-order chi connectivity index (χ0) is 15.1. The molecule has 120 valence electrons. The second kappa shape index (κ2) is 8.34. The summed E-state index contributed by atoms with van der Waals surface area (Å²) in [5.74, 6) is 0.565. The predicted molar refractivity (Wildman–Crippen MR) is 79.8 cm³/mol. The zero-order valence-corrected chi connectivity index (χ0v) is 12.9. The number of hydrogen-bond acceptors (Lipinski definition) is 4. The fourth-order valence-corrected chi connectivity index (χ4v) is 2.94. The molecule has 0 aromatic carbocycles. The summed E-state index contributed by atoms with van der Waals surface area (Å²) in [6.07, 6.45) is 3.80. The lowest BCUT2D eigenvalue weighted by Gasteiger charge is -2.29. The smallest absolute Gasteiger partial charge is 0.245 e. The van der Waals surface area contributed by atoms with Crippen molar-refractivity contribution in [1.29, 1.82) is 0 Å². The highest BCUT2D eigenvalue weighted by atomic mass is 16.5. The lowest BCUT2D eigenvalue weighted by atomic mass is 9.94. The van der Waals surface area contributed by atoms with Crippen molar-refractivity contribution in [1.82, 2.24) is 15.5 Å². The average molecular weight is 297 g/mol. The Morgan fingerprint density at radius 1 is 1.38 bits per heavy atom. The average Bonchev–Trinajstić information content (AvgIpc) is 2.54. The Balaban J connectivity index is 1.67. The minimum absolute atomic E-state index is 0.00835. The maximum absolute atomic E-state index is 12.2. The summed E-state index contributed by atoms with van der Waals surface area (Å²) >= 11 is 0. The Labute approximate surface area is 126 Å². The number of carbonyl (C=O) groups excluding carboxylic acids is 2. The van der Waals surface area contributed by atoms with E-state index in [2.05, 4.69) is 10.6 Å². The Morgan fingerprint density at radius 2 is 2.14 bits per heavy atom. The van der Waals surface area contributed by atoms with Crippen LogP contribution in [0, 0.1) is 5.92 Å². The molecule has 2 N–H and O–H groups in total. The monoisotopic (exact) mass is 297 g/mol. The first-order valence-corrected chi connectivity index (χ1v) is 8.03. The quantitative estimate of drug-likeness (QED) is 0.757. The van der Waals surface area contributed by atoms with Crippen LogP contribution in [0.4, 0.5) is 0 Å². The summed E-state index contributed by atoms with van der Waals surface area (Å²) in [7, 11) is 0. The zero-order valence-electron chi connectivity index (χ0n) is 12.9. The number of piperidine rings is 1. The minimum Gasteiger partial charge on any atom is -0.378 e. The standard InChI is InChI=1S/C15H27N3O3/c1-12(15(20)18-7-9-21-10-8-18)17-14(19)5-4-13-3-2-6-16-11-13/h12-13,16H,2-11H2,1H3,(H,17,19). The molecule has 2 aliphatic heterocycles. The molecule has 2 amide bonds. The number of nitrogens with one attached hydrogen (secondary N) is 2. The molecular formula is C15H27N3O3. The van der Waals surface area contributed by atoms with Gasteiger partial charge in [-0.2, -0.15) is 0 Å². The first kappa shape index (κ1) is 16.2. The van der Waals surface area contributed by atoms with E-state index in [1.807, 2.05) is 0 Å². The van der Waals surface area contributed by atoms with Gasteiger partial charge in [0, 0.05) is 19.5 Å². The van der Waals surface area contributed by atoms with Crippen molar-refractivity contribution in [2.75, 3.05) is 39.4 Å². The number of hydrogen-bond donors (Lipinski definition) is 2. The molecule has 2 aliphatic rings. The molecule has 0 aromatic heterocycles. The first-order valence-electron chi connectivity index (χ1n) is 8.03. The number of ether oxygens (including phenoxy) is 1. The fourth-order valence-electron chi connectivity index (χ4n) is 2.94. The summed E-state index contributed by atoms with van der Waals surface area (Å²) in [5.41, 5.74) is 0. The van der Waals surface area contributed by atoms with Crippen LogP contribution in [0.2, 0.25) is 0 Å². The minimum atomic E-state index is -0.444. The molecule has 0 radical (unpaired) electrons. The van der Waals surface area contributed by atoms with E-state index in [1.54, 1.807) is 11.8 Å². The molecule has 6 nitrogen and oxygen atoms in total. The Bertz CT molecular complexity index is 350. The third-order valence-electron chi connectivity index (χ3n) is 4.25. The van der Waals surface area contributed by atoms with E-state index in [1.165, 1.54) is 12.8 Å². The van der Waals surface area contributed by atoms with Crippen molar-refractivity contribution in [3.05, 3.63) is 0 Å². The van der Waals surface area contributed by atoms with Crippen molar-refractivity contribution >= 4 is 11.8 Å². The van der Waals surface area contributed by atoms with E-state index in [9.17, 15) is 9.59 Å². The number of amides is 2. The van der Waals surface area contributed by atoms with E-state index in [4.69, 9.17) is 4.74 Å². The van der Waals surface area contributed by atoms with Crippen LogP contribution >= 0.6 is 0 Å². The molecule has 0 saturated carbocycles. The second-order valence-corrected chi connectivity index (χ2v) is 5.98. The van der Waals surface area contributed by atoms with Crippen molar-refractivity contribution in [2.45, 2.75) is 38.6 Å². The summed E-state index contributed by atoms with van der Waals surface area (Å²) in [5, 5.41) is 6.18. The number of rotatable bonds is 5. The van der Waals surface area contributed by atoms with E-state index < -0.39 is 6.04 Å². The fraction of sp³-hybridized carbons (Fsp3) is 0.867. The van der Waals surface area contributed by atoms with Crippen LogP contribution in [0.25, 0.3) is 0 Å². The van der Waals surface area contributed by atoms with Crippen molar-refractivity contribution in [3.63, 3.8) is 0 Å². The highest BCUT2D eigenvalue weighted by Crippen LogP contribution is 2.15. The van der Waals surface area contributed by atoms with Crippen molar-refractivity contribution < 1.29 is 14.3 Å². The van der Waals surface area contributed by atoms with Gasteiger partial charge < -0.3 is 20.3 Å². The van der Waals surface area contributed by atoms with E-state index >= 15 is 0 Å². The van der Waals surface area contributed by atoms with Crippen LogP contribution in [0.5, 0.6) is 0 Å². The van der Waals surface area contributed by atoms with Crippen molar-refractivity contribution in [3.8, 4) is 0 Å². The maximum Gasteiger partial charge on any atom is 0.245 e. The van der Waals surface area contributed by atoms with Crippen LogP contribution in [0.15, 0.2) is 0 Å². The second-order valence-electron chi connectivity index (χ2n) is 5.98. The Morgan fingerprint density at radius 3 is 2.81 bits per heavy atom. The van der Waals surface area contributed by atoms with E-state index in [-0.39, 0.29) is 11.8 Å². The van der Waals surface area contributed by atoms with Gasteiger partial charge in [0.2, 0.25) is 11.8 Å². The molecule has 2 rings (SSSR count). The molecule has 2 atom stereocenters. The molecule has 0 aliphatic carbocycles. The Kier molecular flexibility index (Phi) is 6.45. The van der Waals surface area contributed by atoms with Crippen molar-refractivity contribution in [2.24, 2.45) is 5.92 Å². The molecule has 2 heterocycles. The SMILES string of the molecule is CC(NC(=O)CCC1CCCNC1)C(=O)N1CCOCC1. The molecule has 2 unspecified atom stereocenters. The summed E-state index contributed by atoms with van der Waals surface area (Å²) in [6, 6.07) is -0.444. The number of carbonyl (C=O) groups is 2. The maximum atomic E-state index is 12.2. The van der Waals surface area contributed by atoms with Gasteiger partial charge >= 0.3 is 0 Å². The third kappa shape index (κ3) is 5.28. The summed E-state index contributed by atoms with van der Waals surface area (Å²) in [4.78, 5) is 25.9. The van der Waals surface area contributed by atoms with Gasteiger partial charge in [0.15, 0.2) is 0 Å². The van der Waals surface area contributed by atoms with Crippen LogP contribution in [0.1, 0.15) is 32.6 Å². The molecule has 6 heteroatoms. The molecule has 0 aromatic rings. The lowest BCUT2D eigenvalue weighted by Crippen LogP contribution is -2.50. The molecule has 21 heavy (non-hydrogen) atoms. The van der Waals surface area contributed by atoms with E-state index in [0.29, 0.717) is 38.6 Å². The largest absolute Gasteiger partial charge is 0.378 e. The van der Waals surface area contributed by atoms with Crippen LogP contribution < -0.4 is 10.6 Å². The highest BCUT2D eigenvalue weighted by molar-refractivity contribution is 5.87. The number of nitrogens with zero attached hydrogens (tertiary/aromatic N) is 1. The molecule has 2 fully saturated rings. The van der Waals surface area contributed by atoms with Gasteiger partial charge in [0.05, 0.1) is 13.2 Å². The van der Waals surface area contributed by atoms with Gasteiger partial charge in [0.25, 0.3) is 0 Å². The highest BCUT2D eigenvalue weighted by Gasteiger charge is 2.24. The summed E-state index contributed by atoms with van der Waals surface area (Å²) in [6.45, 7) is 6.27. The normalized spacial score (nSPS) is 24.4. The molecular weight excluding hydrogens is 270 g/mol. The number of morpholine rings is 1. The van der Waals surface area contributed by atoms with Gasteiger partial charge in [-0.15, -0.1) is 0 Å². The lowest BCUT2D eigenvalue weighted by molar-refractivity contribution is -0.139. The third-order valence-corrected chi connectivity index (χ3v) is 4.25. The Hall–Kier alpha value is -1.14. The van der Waals surface area contributed by atoms with Gasteiger partial charge in [0.1, 0.15) is 6.04 Å². The molecule has 2 saturated heterocycles. The molecule has 0 bridgehead atoms. The first-order chi connectivity index (χ1) is 10.2. The van der Waals surface area contributed by atoms with Crippen LogP contribution in [0.3, 0.4) is 0 Å². The van der Waals surface area contributed by atoms with Gasteiger partial charge in [-0.05, 0) is 45.2 Å². The van der Waals surface area contributed by atoms with Gasteiger partial charge in [-0.3, -0.25) is 9.59 Å². The molecule has 0 spiro atoms.